The third-order valence-corrected chi connectivity index (χ3v) is 4.08. The average Bonchev–Trinajstić information content (AvgIpc) is 2.82. The molecule has 1 aliphatic heterocycles. The van der Waals surface area contributed by atoms with Crippen LogP contribution in [0.25, 0.3) is 10.9 Å². The number of aromatic nitrogens is 1. The number of imide groups is 1. The lowest BCUT2D eigenvalue weighted by Gasteiger charge is -2.14. The van der Waals surface area contributed by atoms with Gasteiger partial charge in [0.25, 0.3) is 0 Å². The van der Waals surface area contributed by atoms with Gasteiger partial charge in [-0.3, -0.25) is 24.3 Å². The van der Waals surface area contributed by atoms with Gasteiger partial charge in [0.2, 0.25) is 11.8 Å². The van der Waals surface area contributed by atoms with E-state index >= 15 is 0 Å². The largest absolute Gasteiger partial charge is 0.465 e. The number of hydrogen-bond donors (Lipinski definition) is 0. The Morgan fingerprint density at radius 3 is 2.96 bits per heavy atom. The molecule has 1 unspecified atom stereocenters. The number of pyridine rings is 1. The quantitative estimate of drug-likeness (QED) is 0.617. The van der Waals surface area contributed by atoms with Gasteiger partial charge < -0.3 is 4.74 Å². The van der Waals surface area contributed by atoms with Crippen molar-refractivity contribution < 1.29 is 19.1 Å². The van der Waals surface area contributed by atoms with E-state index in [0.717, 1.165) is 21.4 Å². The van der Waals surface area contributed by atoms with Crippen molar-refractivity contribution in [3.8, 4) is 0 Å². The Morgan fingerprint density at radius 1 is 1.33 bits per heavy atom. The fourth-order valence-electron chi connectivity index (χ4n) is 2.95. The average molecular weight is 326 g/mol. The van der Waals surface area contributed by atoms with Crippen molar-refractivity contribution in [1.82, 2.24) is 9.88 Å². The van der Waals surface area contributed by atoms with E-state index in [2.05, 4.69) is 4.98 Å². The monoisotopic (exact) mass is 326 g/mol. The summed E-state index contributed by atoms with van der Waals surface area (Å²) in [5.74, 6) is -1.61. The molecule has 0 radical (unpaired) electrons. The zero-order chi connectivity index (χ0) is 17.1. The Bertz CT molecular complexity index is 802. The second-order valence-electron chi connectivity index (χ2n) is 5.76. The van der Waals surface area contributed by atoms with Crippen molar-refractivity contribution in [2.24, 2.45) is 5.92 Å². The highest BCUT2D eigenvalue weighted by Crippen LogP contribution is 2.25. The summed E-state index contributed by atoms with van der Waals surface area (Å²) in [5.41, 5.74) is 1.86. The van der Waals surface area contributed by atoms with Crippen LogP contribution in [-0.2, 0) is 25.5 Å². The highest BCUT2D eigenvalue weighted by molar-refractivity contribution is 6.05. The first-order valence-corrected chi connectivity index (χ1v) is 7.92. The molecule has 0 spiro atoms. The molecule has 1 fully saturated rings. The van der Waals surface area contributed by atoms with Crippen LogP contribution < -0.4 is 0 Å². The molecule has 2 aromatic rings. The maximum atomic E-state index is 12.4. The van der Waals surface area contributed by atoms with Crippen LogP contribution in [-0.4, -0.2) is 40.8 Å². The summed E-state index contributed by atoms with van der Waals surface area (Å²) < 4.78 is 4.81. The first-order chi connectivity index (χ1) is 11.6. The van der Waals surface area contributed by atoms with Crippen molar-refractivity contribution in [3.63, 3.8) is 0 Å². The van der Waals surface area contributed by atoms with Gasteiger partial charge in [-0.05, 0) is 37.1 Å². The normalized spacial score (nSPS) is 17.5. The number of amides is 2. The molecule has 0 bridgehead atoms. The fourth-order valence-corrected chi connectivity index (χ4v) is 2.95. The van der Waals surface area contributed by atoms with Crippen LogP contribution in [0.5, 0.6) is 0 Å². The summed E-state index contributed by atoms with van der Waals surface area (Å²) in [6, 6.07) is 9.62. The lowest BCUT2D eigenvalue weighted by Crippen LogP contribution is -2.36. The van der Waals surface area contributed by atoms with Gasteiger partial charge in [0.1, 0.15) is 6.54 Å². The first-order valence-electron chi connectivity index (χ1n) is 7.92. The summed E-state index contributed by atoms with van der Waals surface area (Å²) in [5, 5.41) is 0.996. The van der Waals surface area contributed by atoms with E-state index < -0.39 is 11.9 Å². The molecule has 1 atom stereocenters. The molecule has 24 heavy (non-hydrogen) atoms. The maximum Gasteiger partial charge on any atom is 0.326 e. The number of likely N-dealkylation sites (tertiary alicyclic amines) is 1. The Labute approximate surface area is 139 Å². The predicted octanol–water partition coefficient (Wildman–Crippen LogP) is 1.72. The van der Waals surface area contributed by atoms with E-state index in [1.807, 2.05) is 30.3 Å². The number of ether oxygens (including phenoxy) is 1. The van der Waals surface area contributed by atoms with Crippen LogP contribution in [0.4, 0.5) is 0 Å². The van der Waals surface area contributed by atoms with E-state index in [-0.39, 0.29) is 31.4 Å². The Hall–Kier alpha value is -2.76. The van der Waals surface area contributed by atoms with E-state index in [9.17, 15) is 14.4 Å². The van der Waals surface area contributed by atoms with Crippen molar-refractivity contribution >= 4 is 28.7 Å². The molecule has 0 saturated carbocycles. The molecule has 0 aliphatic carbocycles. The maximum absolute atomic E-state index is 12.4. The topological polar surface area (TPSA) is 76.6 Å². The molecule has 1 aromatic heterocycles. The molecule has 6 nitrogen and oxygen atoms in total. The Kier molecular flexibility index (Phi) is 4.55. The number of carbonyl (C=O) groups is 3. The third kappa shape index (κ3) is 3.27. The van der Waals surface area contributed by atoms with Crippen molar-refractivity contribution in [3.05, 3.63) is 42.1 Å². The minimum Gasteiger partial charge on any atom is -0.465 e. The first kappa shape index (κ1) is 16.1. The van der Waals surface area contributed by atoms with Gasteiger partial charge in [0.15, 0.2) is 0 Å². The lowest BCUT2D eigenvalue weighted by molar-refractivity contribution is -0.152. The number of carbonyl (C=O) groups excluding carboxylic acids is 3. The molecule has 2 amide bonds. The third-order valence-electron chi connectivity index (χ3n) is 4.08. The highest BCUT2D eigenvalue weighted by Gasteiger charge is 2.39. The smallest absolute Gasteiger partial charge is 0.326 e. The zero-order valence-corrected chi connectivity index (χ0v) is 13.4. The summed E-state index contributed by atoms with van der Waals surface area (Å²) in [7, 11) is 0. The summed E-state index contributed by atoms with van der Waals surface area (Å²) in [6.45, 7) is 1.61. The number of hydrogen-bond acceptors (Lipinski definition) is 5. The molecule has 1 aromatic carbocycles. The summed E-state index contributed by atoms with van der Waals surface area (Å²) in [6.07, 6.45) is 2.33. The Morgan fingerprint density at radius 2 is 2.17 bits per heavy atom. The van der Waals surface area contributed by atoms with Crippen molar-refractivity contribution in [2.75, 3.05) is 13.2 Å². The number of rotatable bonds is 5. The van der Waals surface area contributed by atoms with Crippen LogP contribution in [0, 0.1) is 5.92 Å². The summed E-state index contributed by atoms with van der Waals surface area (Å²) >= 11 is 0. The van der Waals surface area contributed by atoms with Crippen LogP contribution in [0.3, 0.4) is 0 Å². The highest BCUT2D eigenvalue weighted by atomic mass is 16.5. The van der Waals surface area contributed by atoms with E-state index in [4.69, 9.17) is 4.74 Å². The van der Waals surface area contributed by atoms with Crippen LogP contribution in [0.2, 0.25) is 0 Å². The predicted molar refractivity (Wildman–Crippen MR) is 86.9 cm³/mol. The van der Waals surface area contributed by atoms with Gasteiger partial charge in [0, 0.05) is 18.0 Å². The van der Waals surface area contributed by atoms with Crippen molar-refractivity contribution in [2.45, 2.75) is 19.8 Å². The van der Waals surface area contributed by atoms with Gasteiger partial charge >= 0.3 is 5.97 Å². The van der Waals surface area contributed by atoms with Crippen LogP contribution in [0.1, 0.15) is 18.9 Å². The Balaban J connectivity index is 1.72. The molecule has 1 aliphatic rings. The molecular weight excluding hydrogens is 308 g/mol. The molecule has 2 heterocycles. The minimum absolute atomic E-state index is 0.128. The number of esters is 1. The van der Waals surface area contributed by atoms with Crippen LogP contribution >= 0.6 is 0 Å². The van der Waals surface area contributed by atoms with E-state index in [1.165, 1.54) is 0 Å². The van der Waals surface area contributed by atoms with Crippen LogP contribution in [0.15, 0.2) is 36.5 Å². The standard InChI is InChI=1S/C18H18N2O4/c1-2-24-17(22)11-20-16(21)10-14(18(20)23)9-12-5-6-15-13(8-12)4-3-7-19-15/h3-8,14H,2,9-11H2,1H3. The van der Waals surface area contributed by atoms with Gasteiger partial charge in [-0.2, -0.15) is 0 Å². The molecule has 1 saturated heterocycles. The van der Waals surface area contributed by atoms with Gasteiger partial charge in [-0.25, -0.2) is 0 Å². The minimum atomic E-state index is -0.559. The van der Waals surface area contributed by atoms with Gasteiger partial charge in [-0.15, -0.1) is 0 Å². The van der Waals surface area contributed by atoms with Gasteiger partial charge in [-0.1, -0.05) is 12.1 Å². The second kappa shape index (κ2) is 6.78. The van der Waals surface area contributed by atoms with Gasteiger partial charge in [0.05, 0.1) is 18.0 Å². The molecule has 6 heteroatoms. The second-order valence-corrected chi connectivity index (χ2v) is 5.76. The zero-order valence-electron chi connectivity index (χ0n) is 13.4. The number of fused-ring (bicyclic) bond motifs is 1. The molecule has 0 N–H and O–H groups in total. The molecule has 3 rings (SSSR count). The SMILES string of the molecule is CCOC(=O)CN1C(=O)CC(Cc2ccc3ncccc3c2)C1=O. The number of benzene rings is 1. The fraction of sp³-hybridized carbons (Fsp3) is 0.333. The molecular formula is C18H18N2O4. The number of nitrogens with zero attached hydrogens (tertiary/aromatic N) is 2. The summed E-state index contributed by atoms with van der Waals surface area (Å²) in [4.78, 5) is 41.2. The molecule has 124 valence electrons. The lowest BCUT2D eigenvalue weighted by atomic mass is 9.97. The van der Waals surface area contributed by atoms with E-state index in [0.29, 0.717) is 6.42 Å². The van der Waals surface area contributed by atoms with E-state index in [1.54, 1.807) is 13.1 Å². The van der Waals surface area contributed by atoms with Crippen molar-refractivity contribution in [1.29, 1.82) is 0 Å².